The summed E-state index contributed by atoms with van der Waals surface area (Å²) in [7, 11) is 0. The summed E-state index contributed by atoms with van der Waals surface area (Å²) >= 11 is 0. The lowest BCUT2D eigenvalue weighted by Gasteiger charge is -2.34. The Morgan fingerprint density at radius 1 is 1.52 bits per heavy atom. The van der Waals surface area contributed by atoms with Gasteiger partial charge in [0.2, 0.25) is 0 Å². The number of hydrogen-bond donors (Lipinski definition) is 2. The van der Waals surface area contributed by atoms with E-state index in [1.165, 1.54) is 5.57 Å². The molecular weight excluding hydrogens is 292 g/mol. The summed E-state index contributed by atoms with van der Waals surface area (Å²) in [5, 5.41) is 14.6. The van der Waals surface area contributed by atoms with Crippen LogP contribution in [0.25, 0.3) is 0 Å². The van der Waals surface area contributed by atoms with E-state index < -0.39 is 4.92 Å². The molecule has 2 rings (SSSR count). The smallest absolute Gasteiger partial charge is 0.292 e. The molecule has 1 fully saturated rings. The highest BCUT2D eigenvalue weighted by molar-refractivity contribution is 5.59. The first kappa shape index (κ1) is 17.4. The van der Waals surface area contributed by atoms with Gasteiger partial charge in [-0.25, -0.2) is 0 Å². The molecule has 23 heavy (non-hydrogen) atoms. The fourth-order valence-electron chi connectivity index (χ4n) is 3.08. The van der Waals surface area contributed by atoms with Gasteiger partial charge in [0.15, 0.2) is 0 Å². The van der Waals surface area contributed by atoms with Crippen LogP contribution < -0.4 is 11.1 Å². The minimum Gasteiger partial charge on any atom is -0.393 e. The average Bonchev–Trinajstić information content (AvgIpc) is 2.48. The zero-order valence-electron chi connectivity index (χ0n) is 13.9. The third-order valence-corrected chi connectivity index (χ3v) is 4.32. The van der Waals surface area contributed by atoms with E-state index in [0.29, 0.717) is 6.04 Å². The maximum Gasteiger partial charge on any atom is 0.292 e. The van der Waals surface area contributed by atoms with Gasteiger partial charge in [-0.1, -0.05) is 18.2 Å². The van der Waals surface area contributed by atoms with E-state index in [9.17, 15) is 10.1 Å². The topological polar surface area (TPSA) is 84.4 Å². The summed E-state index contributed by atoms with van der Waals surface area (Å²) in [5.74, 6) is 0. The van der Waals surface area contributed by atoms with Crippen molar-refractivity contribution < 1.29 is 4.92 Å². The molecule has 1 aliphatic rings. The number of nitrogens with two attached hydrogens (primary N) is 1. The second-order valence-electron chi connectivity index (χ2n) is 6.47. The number of nitrogens with zero attached hydrogens (tertiary/aromatic N) is 2. The fourth-order valence-corrected chi connectivity index (χ4v) is 3.08. The zero-order chi connectivity index (χ0) is 17.0. The van der Waals surface area contributed by atoms with E-state index in [-0.39, 0.29) is 17.4 Å². The van der Waals surface area contributed by atoms with Crippen molar-refractivity contribution >= 4 is 11.4 Å². The number of benzene rings is 1. The van der Waals surface area contributed by atoms with Gasteiger partial charge in [-0.05, 0) is 51.4 Å². The second-order valence-corrected chi connectivity index (χ2v) is 6.47. The fraction of sp³-hybridized carbons (Fsp3) is 0.529. The summed E-state index contributed by atoms with van der Waals surface area (Å²) in [6.45, 7) is 11.1. The number of likely N-dealkylation sites (tertiary alicyclic amines) is 1. The Morgan fingerprint density at radius 2 is 2.17 bits per heavy atom. The third-order valence-electron chi connectivity index (χ3n) is 4.32. The largest absolute Gasteiger partial charge is 0.393 e. The number of nitro benzene ring substituents is 1. The van der Waals surface area contributed by atoms with Crippen LogP contribution in [0, 0.1) is 10.1 Å². The molecular formula is C17H26N4O2. The average molecular weight is 318 g/mol. The van der Waals surface area contributed by atoms with Crippen molar-refractivity contribution in [2.24, 2.45) is 0 Å². The van der Waals surface area contributed by atoms with Gasteiger partial charge in [0, 0.05) is 24.7 Å². The maximum absolute atomic E-state index is 11.0. The zero-order valence-corrected chi connectivity index (χ0v) is 13.9. The standard InChI is InChI=1S/C17H26N4O2/c1-12(2)11-20-8-6-15(7-9-20)19-13(3)14-4-5-16(18)17(10-14)21(22)23/h4-5,10,13,15,19H,1,6-9,11,18H2,2-3H3/t13-/m0/s1. The summed E-state index contributed by atoms with van der Waals surface area (Å²) in [4.78, 5) is 13.0. The van der Waals surface area contributed by atoms with Gasteiger partial charge < -0.3 is 11.1 Å². The monoisotopic (exact) mass is 318 g/mol. The molecule has 0 amide bonds. The molecule has 6 heteroatoms. The van der Waals surface area contributed by atoms with Gasteiger partial charge in [-0.15, -0.1) is 0 Å². The van der Waals surface area contributed by atoms with Crippen LogP contribution in [0.3, 0.4) is 0 Å². The van der Waals surface area contributed by atoms with E-state index in [2.05, 4.69) is 23.7 Å². The lowest BCUT2D eigenvalue weighted by Crippen LogP contribution is -2.43. The molecule has 0 saturated carbocycles. The van der Waals surface area contributed by atoms with Crippen LogP contribution in [-0.4, -0.2) is 35.5 Å². The number of nitro groups is 1. The van der Waals surface area contributed by atoms with Gasteiger partial charge in [0.05, 0.1) is 4.92 Å². The Hall–Kier alpha value is -1.92. The summed E-state index contributed by atoms with van der Waals surface area (Å²) in [6, 6.07) is 5.54. The predicted octanol–water partition coefficient (Wildman–Crippen LogP) is 2.87. The number of rotatable bonds is 6. The number of hydrogen-bond acceptors (Lipinski definition) is 5. The van der Waals surface area contributed by atoms with Gasteiger partial charge in [0.1, 0.15) is 5.69 Å². The first-order chi connectivity index (χ1) is 10.9. The van der Waals surface area contributed by atoms with Crippen molar-refractivity contribution in [2.45, 2.75) is 38.8 Å². The van der Waals surface area contributed by atoms with E-state index in [1.54, 1.807) is 12.1 Å². The molecule has 6 nitrogen and oxygen atoms in total. The van der Waals surface area contributed by atoms with Gasteiger partial charge >= 0.3 is 0 Å². The van der Waals surface area contributed by atoms with Crippen molar-refractivity contribution in [2.75, 3.05) is 25.4 Å². The van der Waals surface area contributed by atoms with E-state index in [1.807, 2.05) is 13.0 Å². The minimum absolute atomic E-state index is 0.0209. The van der Waals surface area contributed by atoms with Crippen molar-refractivity contribution in [1.29, 1.82) is 0 Å². The van der Waals surface area contributed by atoms with Crippen molar-refractivity contribution in [3.63, 3.8) is 0 Å². The molecule has 1 aromatic rings. The maximum atomic E-state index is 11.0. The van der Waals surface area contributed by atoms with E-state index in [0.717, 1.165) is 38.0 Å². The van der Waals surface area contributed by atoms with Crippen molar-refractivity contribution in [3.8, 4) is 0 Å². The summed E-state index contributed by atoms with van der Waals surface area (Å²) in [6.07, 6.45) is 2.16. The normalized spacial score (nSPS) is 17.8. The lowest BCUT2D eigenvalue weighted by molar-refractivity contribution is -0.384. The van der Waals surface area contributed by atoms with Crippen LogP contribution in [0.2, 0.25) is 0 Å². The Balaban J connectivity index is 1.93. The van der Waals surface area contributed by atoms with Crippen molar-refractivity contribution in [1.82, 2.24) is 10.2 Å². The molecule has 0 aromatic heterocycles. The highest BCUT2D eigenvalue weighted by atomic mass is 16.6. The van der Waals surface area contributed by atoms with E-state index in [4.69, 9.17) is 5.73 Å². The second kappa shape index (κ2) is 7.57. The predicted molar refractivity (Wildman–Crippen MR) is 93.3 cm³/mol. The van der Waals surface area contributed by atoms with Gasteiger partial charge in [0.25, 0.3) is 5.69 Å². The SMILES string of the molecule is C=C(C)CN1CCC(N[C@@H](C)c2ccc(N)c([N+](=O)[O-])c2)CC1. The highest BCUT2D eigenvalue weighted by Gasteiger charge is 2.22. The molecule has 1 aromatic carbocycles. The van der Waals surface area contributed by atoms with Crippen molar-refractivity contribution in [3.05, 3.63) is 46.0 Å². The molecule has 3 N–H and O–H groups in total. The van der Waals surface area contributed by atoms with Crippen LogP contribution >= 0.6 is 0 Å². The van der Waals surface area contributed by atoms with Crippen LogP contribution in [0.4, 0.5) is 11.4 Å². The van der Waals surface area contributed by atoms with Gasteiger partial charge in [-0.3, -0.25) is 15.0 Å². The molecule has 0 spiro atoms. The lowest BCUT2D eigenvalue weighted by atomic mass is 10.0. The minimum atomic E-state index is -0.429. The van der Waals surface area contributed by atoms with E-state index >= 15 is 0 Å². The molecule has 0 unspecified atom stereocenters. The number of nitrogen functional groups attached to an aromatic ring is 1. The quantitative estimate of drug-likeness (QED) is 0.365. The Labute approximate surface area is 137 Å². The molecule has 1 aliphatic heterocycles. The van der Waals surface area contributed by atoms with Crippen LogP contribution in [-0.2, 0) is 0 Å². The molecule has 0 radical (unpaired) electrons. The van der Waals surface area contributed by atoms with Crippen LogP contribution in [0.5, 0.6) is 0 Å². The molecule has 126 valence electrons. The van der Waals surface area contributed by atoms with Crippen LogP contribution in [0.15, 0.2) is 30.4 Å². The number of piperidine rings is 1. The molecule has 1 heterocycles. The first-order valence-corrected chi connectivity index (χ1v) is 8.03. The summed E-state index contributed by atoms with van der Waals surface area (Å²) in [5.41, 5.74) is 7.93. The molecule has 0 bridgehead atoms. The number of anilines is 1. The first-order valence-electron chi connectivity index (χ1n) is 8.03. The summed E-state index contributed by atoms with van der Waals surface area (Å²) < 4.78 is 0. The van der Waals surface area contributed by atoms with Gasteiger partial charge in [-0.2, -0.15) is 0 Å². The Kier molecular flexibility index (Phi) is 5.74. The Bertz CT molecular complexity index is 580. The molecule has 1 atom stereocenters. The number of nitrogens with one attached hydrogen (secondary N) is 1. The highest BCUT2D eigenvalue weighted by Crippen LogP contribution is 2.26. The molecule has 1 saturated heterocycles. The molecule has 0 aliphatic carbocycles. The Morgan fingerprint density at radius 3 is 2.74 bits per heavy atom. The third kappa shape index (κ3) is 4.77. The van der Waals surface area contributed by atoms with Crippen LogP contribution in [0.1, 0.15) is 38.3 Å².